The number of nitrogens with two attached hydrogens (primary N) is 1. The van der Waals surface area contributed by atoms with Crippen molar-refractivity contribution in [2.24, 2.45) is 5.73 Å². The van der Waals surface area contributed by atoms with E-state index in [1.165, 1.54) is 34.5 Å². The fourth-order valence-corrected chi connectivity index (χ4v) is 6.38. The van der Waals surface area contributed by atoms with Crippen molar-refractivity contribution in [3.8, 4) is 16.2 Å². The molecule has 5 aromatic rings. The third-order valence-electron chi connectivity index (χ3n) is 6.92. The van der Waals surface area contributed by atoms with E-state index in [9.17, 15) is 22.4 Å². The quantitative estimate of drug-likeness (QED) is 0.144. The van der Waals surface area contributed by atoms with Gasteiger partial charge in [0.1, 0.15) is 41.3 Å². The molecule has 3 N–H and O–H groups in total. The van der Waals surface area contributed by atoms with Crippen LogP contribution in [0.15, 0.2) is 55.0 Å². The number of hydrogen-bond donors (Lipinski definition) is 2. The number of carbonyl (C=O) groups is 1. The molecule has 9 nitrogen and oxygen atoms in total. The second kappa shape index (κ2) is 12.0. The number of esters is 1. The summed E-state index contributed by atoms with van der Waals surface area (Å²) in [6, 6.07) is 11.3. The highest BCUT2D eigenvalue weighted by atomic mass is 35.5. The minimum atomic E-state index is -5.11. The maximum atomic E-state index is 13.5. The number of ether oxygens (including phenoxy) is 2. The summed E-state index contributed by atoms with van der Waals surface area (Å²) in [6.45, 7) is -0.266. The average molecular weight is 647 g/mol. The molecule has 1 aliphatic carbocycles. The number of halogens is 5. The van der Waals surface area contributed by atoms with Gasteiger partial charge in [0, 0.05) is 28.9 Å². The third-order valence-corrected chi connectivity index (χ3v) is 8.39. The molecule has 1 atom stereocenters. The molecule has 1 aliphatic rings. The van der Waals surface area contributed by atoms with Crippen LogP contribution in [-0.2, 0) is 35.5 Å². The molecule has 0 aliphatic heterocycles. The monoisotopic (exact) mass is 646 g/mol. The molecule has 15 heteroatoms. The largest absolute Gasteiger partial charge is 0.490 e. The lowest BCUT2D eigenvalue weighted by Crippen LogP contribution is -2.36. The first-order valence-electron chi connectivity index (χ1n) is 13.3. The number of hydrogen-bond acceptors (Lipinski definition) is 9. The van der Waals surface area contributed by atoms with Crippen LogP contribution in [0, 0.1) is 5.82 Å². The van der Waals surface area contributed by atoms with Crippen LogP contribution in [0.5, 0.6) is 5.75 Å². The normalized spacial score (nSPS) is 13.3. The lowest BCUT2D eigenvalue weighted by Gasteiger charge is -2.16. The smallest absolute Gasteiger partial charge is 0.487 e. The summed E-state index contributed by atoms with van der Waals surface area (Å²) < 4.78 is 63.3. The van der Waals surface area contributed by atoms with Gasteiger partial charge in [-0.05, 0) is 54.3 Å². The highest BCUT2D eigenvalue weighted by molar-refractivity contribution is 7.22. The standard InChI is InChI=1S/C29H23ClF4N6O3S/c30-21-9-17(4-7-23(21)42-13-15-2-1-3-16(31)8-15)38-26-24-19-5-6-22-20(25(19)44-27(24)37-14-36-26)12-40(39-22)11-18(10-35)43-28(41)29(32,33)34/h1-4,7-9,12,14,18H,5-6,10-11,13,35H2,(H,36,37,38)/t18-/m1/s1. The lowest BCUT2D eigenvalue weighted by molar-refractivity contribution is -0.205. The first kappa shape index (κ1) is 29.8. The zero-order valence-corrected chi connectivity index (χ0v) is 24.3. The van der Waals surface area contributed by atoms with Crippen LogP contribution in [0.1, 0.15) is 16.8 Å². The maximum absolute atomic E-state index is 13.5. The van der Waals surface area contributed by atoms with E-state index in [2.05, 4.69) is 25.1 Å². The molecule has 0 amide bonds. The predicted octanol–water partition coefficient (Wildman–Crippen LogP) is 6.20. The Bertz CT molecular complexity index is 1860. The van der Waals surface area contributed by atoms with Crippen molar-refractivity contribution in [1.82, 2.24) is 19.7 Å². The van der Waals surface area contributed by atoms with Gasteiger partial charge in [0.25, 0.3) is 0 Å². The second-order valence-electron chi connectivity index (χ2n) is 9.97. The Morgan fingerprint density at radius 2 is 2.02 bits per heavy atom. The Morgan fingerprint density at radius 1 is 1.18 bits per heavy atom. The molecule has 2 aromatic carbocycles. The molecule has 0 saturated carbocycles. The van der Waals surface area contributed by atoms with Crippen molar-refractivity contribution >= 4 is 50.6 Å². The Labute approximate surface area is 256 Å². The van der Waals surface area contributed by atoms with E-state index in [-0.39, 0.29) is 25.5 Å². The Kier molecular flexibility index (Phi) is 8.14. The van der Waals surface area contributed by atoms with Crippen molar-refractivity contribution in [3.63, 3.8) is 0 Å². The molecule has 3 heterocycles. The maximum Gasteiger partial charge on any atom is 0.490 e. The van der Waals surface area contributed by atoms with E-state index < -0.39 is 18.2 Å². The number of alkyl halides is 3. The van der Waals surface area contributed by atoms with Gasteiger partial charge in [0.2, 0.25) is 0 Å². The molecule has 6 rings (SSSR count). The van der Waals surface area contributed by atoms with Crippen LogP contribution in [0.2, 0.25) is 5.02 Å². The van der Waals surface area contributed by atoms with Crippen LogP contribution in [0.25, 0.3) is 20.7 Å². The summed E-state index contributed by atoms with van der Waals surface area (Å²) in [6.07, 6.45) is -1.92. The van der Waals surface area contributed by atoms with Crippen LogP contribution in [0.3, 0.4) is 0 Å². The number of thiophene rings is 1. The first-order valence-corrected chi connectivity index (χ1v) is 14.5. The third kappa shape index (κ3) is 6.18. The average Bonchev–Trinajstić information content (AvgIpc) is 3.57. The van der Waals surface area contributed by atoms with Gasteiger partial charge in [0.15, 0.2) is 0 Å². The fourth-order valence-electron chi connectivity index (χ4n) is 4.92. The molecule has 0 radical (unpaired) electrons. The number of aryl methyl sites for hydroxylation is 2. The minimum absolute atomic E-state index is 0.124. The van der Waals surface area contributed by atoms with Crippen LogP contribution < -0.4 is 15.8 Å². The van der Waals surface area contributed by atoms with Gasteiger partial charge in [-0.3, -0.25) is 4.68 Å². The molecular formula is C29H23ClF4N6O3S. The highest BCUT2D eigenvalue weighted by Gasteiger charge is 2.42. The van der Waals surface area contributed by atoms with Crippen molar-refractivity contribution in [2.75, 3.05) is 11.9 Å². The van der Waals surface area contributed by atoms with E-state index in [4.69, 9.17) is 22.1 Å². The zero-order chi connectivity index (χ0) is 31.0. The van der Waals surface area contributed by atoms with E-state index >= 15 is 0 Å². The molecule has 228 valence electrons. The molecule has 44 heavy (non-hydrogen) atoms. The number of aromatic nitrogens is 4. The van der Waals surface area contributed by atoms with Gasteiger partial charge < -0.3 is 20.5 Å². The SMILES string of the molecule is NC[C@H](Cn1cc2c(n1)CCc1c-2sc2ncnc(Nc3ccc(OCc4cccc(F)c4)c(Cl)c3)c12)OC(=O)C(F)(F)F. The summed E-state index contributed by atoms with van der Waals surface area (Å²) in [5.74, 6) is -1.62. The fraction of sp³-hybridized carbons (Fsp3) is 0.241. The molecule has 0 unspecified atom stereocenters. The molecule has 3 aromatic heterocycles. The predicted molar refractivity (Wildman–Crippen MR) is 157 cm³/mol. The van der Waals surface area contributed by atoms with Gasteiger partial charge in [-0.1, -0.05) is 23.7 Å². The van der Waals surface area contributed by atoms with Crippen molar-refractivity contribution in [3.05, 3.63) is 82.6 Å². The second-order valence-corrected chi connectivity index (χ2v) is 11.4. The number of benzene rings is 2. The number of fused-ring (bicyclic) bond motifs is 5. The van der Waals surface area contributed by atoms with Crippen molar-refractivity contribution < 1.29 is 31.8 Å². The summed E-state index contributed by atoms with van der Waals surface area (Å²) in [7, 11) is 0. The Morgan fingerprint density at radius 3 is 2.77 bits per heavy atom. The lowest BCUT2D eigenvalue weighted by atomic mass is 9.95. The Hall–Kier alpha value is -4.27. The molecule has 0 fully saturated rings. The molecule has 0 saturated heterocycles. The van der Waals surface area contributed by atoms with Gasteiger partial charge in [0.05, 0.1) is 22.6 Å². The number of rotatable bonds is 9. The molecular weight excluding hydrogens is 624 g/mol. The van der Waals surface area contributed by atoms with Crippen LogP contribution >= 0.6 is 22.9 Å². The van der Waals surface area contributed by atoms with Crippen molar-refractivity contribution in [1.29, 1.82) is 0 Å². The number of carbonyl (C=O) groups excluding carboxylic acids is 1. The van der Waals surface area contributed by atoms with E-state index in [1.54, 1.807) is 36.5 Å². The number of nitrogens with one attached hydrogen (secondary N) is 1. The Balaban J connectivity index is 1.22. The minimum Gasteiger partial charge on any atom is -0.487 e. The van der Waals surface area contributed by atoms with Gasteiger partial charge >= 0.3 is 12.1 Å². The van der Waals surface area contributed by atoms with Crippen LogP contribution in [-0.4, -0.2) is 44.5 Å². The van der Waals surface area contributed by atoms with Gasteiger partial charge in [-0.2, -0.15) is 18.3 Å². The van der Waals surface area contributed by atoms with Gasteiger partial charge in [-0.15, -0.1) is 11.3 Å². The van der Waals surface area contributed by atoms with E-state index in [0.717, 1.165) is 31.9 Å². The zero-order valence-electron chi connectivity index (χ0n) is 22.7. The summed E-state index contributed by atoms with van der Waals surface area (Å²) in [4.78, 5) is 21.9. The van der Waals surface area contributed by atoms with Gasteiger partial charge in [-0.25, -0.2) is 19.2 Å². The van der Waals surface area contributed by atoms with Crippen molar-refractivity contribution in [2.45, 2.75) is 38.3 Å². The number of nitrogens with zero attached hydrogens (tertiary/aromatic N) is 4. The highest BCUT2D eigenvalue weighted by Crippen LogP contribution is 2.45. The molecule has 0 bridgehead atoms. The van der Waals surface area contributed by atoms with E-state index in [1.807, 2.05) is 0 Å². The number of anilines is 2. The molecule has 0 spiro atoms. The summed E-state index contributed by atoms with van der Waals surface area (Å²) in [5, 5.41) is 9.04. The van der Waals surface area contributed by atoms with Crippen LogP contribution in [0.4, 0.5) is 29.1 Å². The van der Waals surface area contributed by atoms with E-state index in [0.29, 0.717) is 40.7 Å². The summed E-state index contributed by atoms with van der Waals surface area (Å²) in [5.41, 5.74) is 9.51. The summed E-state index contributed by atoms with van der Waals surface area (Å²) >= 11 is 7.94. The topological polar surface area (TPSA) is 117 Å². The first-order chi connectivity index (χ1) is 21.1.